The molecule has 2 aliphatic carbocycles. The molecule has 0 aromatic carbocycles. The van der Waals surface area contributed by atoms with Crippen molar-refractivity contribution in [2.45, 2.75) is 58.0 Å². The van der Waals surface area contributed by atoms with Crippen molar-refractivity contribution >= 4 is 0 Å². The van der Waals surface area contributed by atoms with Gasteiger partial charge in [-0.2, -0.15) is 0 Å². The third kappa shape index (κ3) is 1.28. The molecule has 2 aliphatic rings. The molecule has 2 bridgehead atoms. The molecule has 0 heterocycles. The average Bonchev–Trinajstić information content (AvgIpc) is 2.42. The highest BCUT2D eigenvalue weighted by molar-refractivity contribution is 5.03. The molecule has 0 aromatic heterocycles. The van der Waals surface area contributed by atoms with Crippen molar-refractivity contribution < 1.29 is 0 Å². The minimum atomic E-state index is 0.483. The molecule has 1 heteroatoms. The lowest BCUT2D eigenvalue weighted by Gasteiger charge is -2.37. The highest BCUT2D eigenvalue weighted by Gasteiger charge is 2.47. The largest absolute Gasteiger partial charge is 0.309 e. The maximum atomic E-state index is 3.75. The zero-order valence-corrected chi connectivity index (χ0v) is 8.56. The fraction of sp³-hybridized carbons (Fsp3) is 1.00. The summed E-state index contributed by atoms with van der Waals surface area (Å²) in [7, 11) is 0. The molecular formula is C11H21N. The van der Waals surface area contributed by atoms with Crippen molar-refractivity contribution in [3.8, 4) is 0 Å². The van der Waals surface area contributed by atoms with Gasteiger partial charge >= 0.3 is 0 Å². The molecule has 0 aromatic rings. The van der Waals surface area contributed by atoms with E-state index in [9.17, 15) is 0 Å². The fourth-order valence-corrected chi connectivity index (χ4v) is 3.44. The number of hydrogen-bond acceptors (Lipinski definition) is 1. The topological polar surface area (TPSA) is 12.0 Å². The second-order valence-electron chi connectivity index (χ2n) is 5.30. The molecule has 12 heavy (non-hydrogen) atoms. The summed E-state index contributed by atoms with van der Waals surface area (Å²) >= 11 is 0. The van der Waals surface area contributed by atoms with Crippen molar-refractivity contribution in [1.29, 1.82) is 0 Å². The third-order valence-electron chi connectivity index (χ3n) is 3.77. The second-order valence-corrected chi connectivity index (χ2v) is 5.30. The van der Waals surface area contributed by atoms with Crippen LogP contribution in [-0.4, -0.2) is 11.6 Å². The first-order valence-corrected chi connectivity index (χ1v) is 5.38. The number of rotatable bonds is 2. The van der Waals surface area contributed by atoms with Crippen LogP contribution in [0.3, 0.4) is 0 Å². The van der Waals surface area contributed by atoms with E-state index >= 15 is 0 Å². The monoisotopic (exact) mass is 167 g/mol. The van der Waals surface area contributed by atoms with Gasteiger partial charge in [-0.05, 0) is 38.0 Å². The molecular weight excluding hydrogens is 146 g/mol. The van der Waals surface area contributed by atoms with Crippen LogP contribution in [0.15, 0.2) is 0 Å². The predicted octanol–water partition coefficient (Wildman–Crippen LogP) is 2.56. The average molecular weight is 167 g/mol. The summed E-state index contributed by atoms with van der Waals surface area (Å²) in [6.45, 7) is 6.95. The zero-order valence-electron chi connectivity index (χ0n) is 8.56. The van der Waals surface area contributed by atoms with Gasteiger partial charge in [-0.25, -0.2) is 0 Å². The first-order chi connectivity index (χ1) is 5.60. The van der Waals surface area contributed by atoms with E-state index in [1.807, 2.05) is 0 Å². The summed E-state index contributed by atoms with van der Waals surface area (Å²) in [6, 6.07) is 0.648. The van der Waals surface area contributed by atoms with Crippen LogP contribution in [0.25, 0.3) is 0 Å². The molecule has 70 valence electrons. The zero-order chi connectivity index (χ0) is 8.77. The minimum Gasteiger partial charge on any atom is -0.309 e. The Labute approximate surface area is 75.9 Å². The molecule has 3 atom stereocenters. The summed E-state index contributed by atoms with van der Waals surface area (Å²) in [6.07, 6.45) is 5.90. The normalized spacial score (nSPS) is 46.0. The molecule has 2 saturated carbocycles. The van der Waals surface area contributed by atoms with E-state index in [0.29, 0.717) is 11.6 Å². The predicted molar refractivity (Wildman–Crippen MR) is 52.1 cm³/mol. The van der Waals surface area contributed by atoms with E-state index in [4.69, 9.17) is 0 Å². The molecule has 1 N–H and O–H groups in total. The first kappa shape index (κ1) is 8.55. The van der Waals surface area contributed by atoms with Crippen molar-refractivity contribution in [3.05, 3.63) is 0 Å². The Kier molecular flexibility index (Phi) is 1.95. The Hall–Kier alpha value is -0.0400. The SMILES string of the molecule is CC(C)NC1(C)CC2CCC1C2. The third-order valence-corrected chi connectivity index (χ3v) is 3.77. The molecule has 0 aliphatic heterocycles. The Morgan fingerprint density at radius 3 is 2.50 bits per heavy atom. The lowest BCUT2D eigenvalue weighted by molar-refractivity contribution is 0.215. The van der Waals surface area contributed by atoms with Crippen LogP contribution in [0, 0.1) is 11.8 Å². The number of hydrogen-bond donors (Lipinski definition) is 1. The van der Waals surface area contributed by atoms with Gasteiger partial charge in [-0.15, -0.1) is 0 Å². The standard InChI is InChI=1S/C11H21N/c1-8(2)12-11(3)7-9-4-5-10(11)6-9/h8-10,12H,4-7H2,1-3H3. The van der Waals surface area contributed by atoms with E-state index < -0.39 is 0 Å². The molecule has 0 spiro atoms. The van der Waals surface area contributed by atoms with Crippen molar-refractivity contribution in [3.63, 3.8) is 0 Å². The van der Waals surface area contributed by atoms with Crippen LogP contribution in [-0.2, 0) is 0 Å². The summed E-state index contributed by atoms with van der Waals surface area (Å²) in [5, 5.41) is 3.75. The quantitative estimate of drug-likeness (QED) is 0.666. The highest BCUT2D eigenvalue weighted by Crippen LogP contribution is 2.50. The number of nitrogens with one attached hydrogen (secondary N) is 1. The van der Waals surface area contributed by atoms with Gasteiger partial charge in [-0.1, -0.05) is 20.3 Å². The molecule has 0 amide bonds. The van der Waals surface area contributed by atoms with E-state index in [0.717, 1.165) is 11.8 Å². The molecule has 0 saturated heterocycles. The fourth-order valence-electron chi connectivity index (χ4n) is 3.44. The second kappa shape index (κ2) is 2.73. The van der Waals surface area contributed by atoms with Crippen LogP contribution in [0.4, 0.5) is 0 Å². The minimum absolute atomic E-state index is 0.483. The highest BCUT2D eigenvalue weighted by atomic mass is 15.0. The summed E-state index contributed by atoms with van der Waals surface area (Å²) in [5.74, 6) is 2.02. The van der Waals surface area contributed by atoms with Crippen molar-refractivity contribution in [2.24, 2.45) is 11.8 Å². The van der Waals surface area contributed by atoms with Crippen molar-refractivity contribution in [2.75, 3.05) is 0 Å². The first-order valence-electron chi connectivity index (χ1n) is 5.38. The summed E-state index contributed by atoms with van der Waals surface area (Å²) < 4.78 is 0. The van der Waals surface area contributed by atoms with Crippen LogP contribution < -0.4 is 5.32 Å². The van der Waals surface area contributed by atoms with Gasteiger partial charge in [0.1, 0.15) is 0 Å². The maximum absolute atomic E-state index is 3.75. The van der Waals surface area contributed by atoms with E-state index in [-0.39, 0.29) is 0 Å². The van der Waals surface area contributed by atoms with Gasteiger partial charge in [0.25, 0.3) is 0 Å². The van der Waals surface area contributed by atoms with Gasteiger partial charge in [0, 0.05) is 11.6 Å². The van der Waals surface area contributed by atoms with Crippen LogP contribution >= 0.6 is 0 Å². The Balaban J connectivity index is 2.03. The van der Waals surface area contributed by atoms with Crippen LogP contribution in [0.5, 0.6) is 0 Å². The van der Waals surface area contributed by atoms with Crippen molar-refractivity contribution in [1.82, 2.24) is 5.32 Å². The lowest BCUT2D eigenvalue weighted by atomic mass is 9.82. The summed E-state index contributed by atoms with van der Waals surface area (Å²) in [5.41, 5.74) is 0.483. The molecule has 3 unspecified atom stereocenters. The van der Waals surface area contributed by atoms with Crippen LogP contribution in [0.2, 0.25) is 0 Å². The molecule has 1 nitrogen and oxygen atoms in total. The maximum Gasteiger partial charge on any atom is 0.0186 e. The van der Waals surface area contributed by atoms with Gasteiger partial charge in [0.05, 0.1) is 0 Å². The Morgan fingerprint density at radius 2 is 2.08 bits per heavy atom. The van der Waals surface area contributed by atoms with E-state index in [1.54, 1.807) is 0 Å². The molecule has 2 rings (SSSR count). The van der Waals surface area contributed by atoms with E-state index in [1.165, 1.54) is 25.7 Å². The summed E-state index contributed by atoms with van der Waals surface area (Å²) in [4.78, 5) is 0. The number of fused-ring (bicyclic) bond motifs is 2. The van der Waals surface area contributed by atoms with E-state index in [2.05, 4.69) is 26.1 Å². The van der Waals surface area contributed by atoms with Gasteiger partial charge < -0.3 is 5.32 Å². The van der Waals surface area contributed by atoms with Crippen LogP contribution in [0.1, 0.15) is 46.5 Å². The van der Waals surface area contributed by atoms with Gasteiger partial charge in [-0.3, -0.25) is 0 Å². The van der Waals surface area contributed by atoms with Gasteiger partial charge in [0.15, 0.2) is 0 Å². The smallest absolute Gasteiger partial charge is 0.0186 e. The molecule has 2 fully saturated rings. The Morgan fingerprint density at radius 1 is 1.33 bits per heavy atom. The lowest BCUT2D eigenvalue weighted by Crippen LogP contribution is -2.49. The Bertz CT molecular complexity index is 176. The van der Waals surface area contributed by atoms with Gasteiger partial charge in [0.2, 0.25) is 0 Å². The molecule has 0 radical (unpaired) electrons.